The van der Waals surface area contributed by atoms with Crippen molar-refractivity contribution in [1.82, 2.24) is 5.32 Å². The average Bonchev–Trinajstić information content (AvgIpc) is 2.35. The second-order valence-corrected chi connectivity index (χ2v) is 4.93. The molecule has 0 bridgehead atoms. The molecule has 1 rings (SSSR count). The number of hydrogen-bond donors (Lipinski definition) is 1. The van der Waals surface area contributed by atoms with Gasteiger partial charge in [0.1, 0.15) is 6.04 Å². The first kappa shape index (κ1) is 16.5. The Labute approximate surface area is 115 Å². The Kier molecular flexibility index (Phi) is 5.59. The molecule has 114 valence electrons. The first-order valence-electron chi connectivity index (χ1n) is 6.34. The number of nitrogens with one attached hydrogen (secondary N) is 1. The molecule has 1 unspecified atom stereocenters. The number of halogens is 3. The minimum Gasteiger partial charge on any atom is -0.467 e. The van der Waals surface area contributed by atoms with Gasteiger partial charge in [-0.05, 0) is 18.8 Å². The molecule has 0 heterocycles. The summed E-state index contributed by atoms with van der Waals surface area (Å²) in [6, 6.07) is -1.69. The van der Waals surface area contributed by atoms with Crippen LogP contribution in [0.25, 0.3) is 0 Å². The van der Waals surface area contributed by atoms with Crippen molar-refractivity contribution < 1.29 is 27.5 Å². The zero-order valence-corrected chi connectivity index (χ0v) is 11.4. The fraction of sp³-hybridized carbons (Fsp3) is 0.692. The highest BCUT2D eigenvalue weighted by atomic mass is 19.4. The van der Waals surface area contributed by atoms with E-state index in [4.69, 9.17) is 0 Å². The van der Waals surface area contributed by atoms with Crippen LogP contribution in [-0.4, -0.2) is 31.2 Å². The van der Waals surface area contributed by atoms with Gasteiger partial charge in [0.05, 0.1) is 13.5 Å². The topological polar surface area (TPSA) is 55.4 Å². The molecule has 0 spiro atoms. The molecule has 1 aliphatic carbocycles. The lowest BCUT2D eigenvalue weighted by molar-refractivity contribution is -0.162. The van der Waals surface area contributed by atoms with E-state index in [9.17, 15) is 22.8 Å². The maximum Gasteiger partial charge on any atom is 0.391 e. The second kappa shape index (κ2) is 6.76. The Morgan fingerprint density at radius 2 is 1.95 bits per heavy atom. The maximum atomic E-state index is 12.4. The van der Waals surface area contributed by atoms with Crippen molar-refractivity contribution in [2.45, 2.75) is 38.4 Å². The number of carbonyl (C=O) groups is 2. The van der Waals surface area contributed by atoms with Gasteiger partial charge in [0.25, 0.3) is 0 Å². The van der Waals surface area contributed by atoms with Crippen LogP contribution in [0, 0.1) is 11.8 Å². The van der Waals surface area contributed by atoms with Crippen molar-refractivity contribution in [3.05, 3.63) is 12.2 Å². The van der Waals surface area contributed by atoms with Crippen LogP contribution in [0.2, 0.25) is 0 Å². The molecule has 0 saturated carbocycles. The van der Waals surface area contributed by atoms with Crippen LogP contribution in [-0.2, 0) is 14.3 Å². The molecule has 0 aromatic rings. The first-order chi connectivity index (χ1) is 9.24. The number of alkyl halides is 3. The Bertz CT molecular complexity index is 393. The van der Waals surface area contributed by atoms with Gasteiger partial charge in [0, 0.05) is 5.92 Å². The Hall–Kier alpha value is -1.53. The van der Waals surface area contributed by atoms with E-state index in [1.165, 1.54) is 0 Å². The molecular weight excluding hydrogens is 275 g/mol. The van der Waals surface area contributed by atoms with E-state index < -0.39 is 36.4 Å². The van der Waals surface area contributed by atoms with E-state index in [-0.39, 0.29) is 5.92 Å². The van der Waals surface area contributed by atoms with Crippen molar-refractivity contribution in [3.63, 3.8) is 0 Å². The lowest BCUT2D eigenvalue weighted by Gasteiger charge is -2.26. The van der Waals surface area contributed by atoms with Gasteiger partial charge in [0.15, 0.2) is 0 Å². The summed E-state index contributed by atoms with van der Waals surface area (Å²) in [5.41, 5.74) is 0. The molecule has 1 amide bonds. The quantitative estimate of drug-likeness (QED) is 0.638. The smallest absolute Gasteiger partial charge is 0.391 e. The molecule has 0 aromatic carbocycles. The molecule has 1 N–H and O–H groups in total. The SMILES string of the molecule is COC(=O)C(CC(F)(F)F)NC(=O)[C@@H]1CC=CC[C@H]1C. The molecule has 0 aromatic heterocycles. The van der Waals surface area contributed by atoms with E-state index in [0.717, 1.165) is 7.11 Å². The summed E-state index contributed by atoms with van der Waals surface area (Å²) in [5, 5.41) is 2.16. The number of ether oxygens (including phenoxy) is 1. The normalized spacial score (nSPS) is 24.1. The molecule has 0 fully saturated rings. The standard InChI is InChI=1S/C13H18F3NO3/c1-8-5-3-4-6-9(8)11(18)17-10(12(19)20-2)7-13(14,15)16/h3-4,8-10H,5-7H2,1-2H3,(H,17,18)/t8-,9-,10?/m1/s1. The van der Waals surface area contributed by atoms with Crippen LogP contribution in [0.3, 0.4) is 0 Å². The molecule has 20 heavy (non-hydrogen) atoms. The summed E-state index contributed by atoms with van der Waals surface area (Å²) in [6.45, 7) is 1.85. The number of methoxy groups -OCH3 is 1. The maximum absolute atomic E-state index is 12.4. The fourth-order valence-electron chi connectivity index (χ4n) is 2.16. The predicted octanol–water partition coefficient (Wildman–Crippen LogP) is 2.20. The number of hydrogen-bond acceptors (Lipinski definition) is 3. The van der Waals surface area contributed by atoms with Crippen LogP contribution in [0.4, 0.5) is 13.2 Å². The largest absolute Gasteiger partial charge is 0.467 e. The lowest BCUT2D eigenvalue weighted by atomic mass is 9.83. The third-order valence-electron chi connectivity index (χ3n) is 3.33. The minimum atomic E-state index is -4.55. The van der Waals surface area contributed by atoms with Crippen LogP contribution >= 0.6 is 0 Å². The van der Waals surface area contributed by atoms with Crippen LogP contribution in [0.1, 0.15) is 26.2 Å². The molecule has 3 atom stereocenters. The predicted molar refractivity (Wildman–Crippen MR) is 65.6 cm³/mol. The van der Waals surface area contributed by atoms with Crippen molar-refractivity contribution in [2.75, 3.05) is 7.11 Å². The van der Waals surface area contributed by atoms with Gasteiger partial charge in [-0.3, -0.25) is 4.79 Å². The van der Waals surface area contributed by atoms with Crippen molar-refractivity contribution in [1.29, 1.82) is 0 Å². The molecule has 4 nitrogen and oxygen atoms in total. The highest BCUT2D eigenvalue weighted by Crippen LogP contribution is 2.26. The summed E-state index contributed by atoms with van der Waals surface area (Å²) >= 11 is 0. The summed E-state index contributed by atoms with van der Waals surface area (Å²) < 4.78 is 41.5. The van der Waals surface area contributed by atoms with Crippen molar-refractivity contribution in [2.24, 2.45) is 11.8 Å². The number of carbonyl (C=O) groups excluding carboxylic acids is 2. The summed E-state index contributed by atoms with van der Waals surface area (Å²) in [6.07, 6.45) is -1.07. The van der Waals surface area contributed by atoms with Gasteiger partial charge >= 0.3 is 12.1 Å². The monoisotopic (exact) mass is 293 g/mol. The lowest BCUT2D eigenvalue weighted by Crippen LogP contribution is -2.47. The Balaban J connectivity index is 2.71. The zero-order chi connectivity index (χ0) is 15.3. The van der Waals surface area contributed by atoms with Gasteiger partial charge in [-0.1, -0.05) is 19.1 Å². The molecule has 0 aliphatic heterocycles. The first-order valence-corrected chi connectivity index (χ1v) is 6.34. The van der Waals surface area contributed by atoms with Crippen LogP contribution in [0.15, 0.2) is 12.2 Å². The number of rotatable bonds is 4. The molecule has 7 heteroatoms. The van der Waals surface area contributed by atoms with Gasteiger partial charge in [-0.25, -0.2) is 4.79 Å². The molecular formula is C13H18F3NO3. The summed E-state index contributed by atoms with van der Waals surface area (Å²) in [7, 11) is 0.990. The average molecular weight is 293 g/mol. The third kappa shape index (κ3) is 4.86. The highest BCUT2D eigenvalue weighted by molar-refractivity contribution is 5.86. The summed E-state index contributed by atoms with van der Waals surface area (Å²) in [5.74, 6) is -2.01. The van der Waals surface area contributed by atoms with Gasteiger partial charge < -0.3 is 10.1 Å². The minimum absolute atomic E-state index is 0.0317. The molecule has 0 saturated heterocycles. The molecule has 1 aliphatic rings. The van der Waals surface area contributed by atoms with E-state index in [0.29, 0.717) is 12.8 Å². The summed E-state index contributed by atoms with van der Waals surface area (Å²) in [4.78, 5) is 23.3. The number of allylic oxidation sites excluding steroid dienone is 2. The van der Waals surface area contributed by atoms with Gasteiger partial charge in [0.2, 0.25) is 5.91 Å². The van der Waals surface area contributed by atoms with Crippen molar-refractivity contribution in [3.8, 4) is 0 Å². The fourth-order valence-corrected chi connectivity index (χ4v) is 2.16. The number of esters is 1. The van der Waals surface area contributed by atoms with E-state index >= 15 is 0 Å². The van der Waals surface area contributed by atoms with Gasteiger partial charge in [-0.15, -0.1) is 0 Å². The Morgan fingerprint density at radius 1 is 1.35 bits per heavy atom. The molecule has 0 radical (unpaired) electrons. The van der Waals surface area contributed by atoms with Crippen molar-refractivity contribution >= 4 is 11.9 Å². The number of amides is 1. The van der Waals surface area contributed by atoms with E-state index in [1.54, 1.807) is 0 Å². The van der Waals surface area contributed by atoms with E-state index in [1.807, 2.05) is 19.1 Å². The van der Waals surface area contributed by atoms with Crippen LogP contribution in [0.5, 0.6) is 0 Å². The Morgan fingerprint density at radius 3 is 2.45 bits per heavy atom. The van der Waals surface area contributed by atoms with Crippen LogP contribution < -0.4 is 5.32 Å². The zero-order valence-electron chi connectivity index (χ0n) is 11.4. The highest BCUT2D eigenvalue weighted by Gasteiger charge is 2.38. The van der Waals surface area contributed by atoms with E-state index in [2.05, 4.69) is 10.1 Å². The second-order valence-electron chi connectivity index (χ2n) is 4.93. The third-order valence-corrected chi connectivity index (χ3v) is 3.33. The van der Waals surface area contributed by atoms with Gasteiger partial charge in [-0.2, -0.15) is 13.2 Å².